The first-order valence-corrected chi connectivity index (χ1v) is 5.50. The molecule has 16 heavy (non-hydrogen) atoms. The van der Waals surface area contributed by atoms with Crippen LogP contribution in [0.1, 0.15) is 30.4 Å². The van der Waals surface area contributed by atoms with Gasteiger partial charge >= 0.3 is 0 Å². The second-order valence-corrected chi connectivity index (χ2v) is 4.33. The maximum absolute atomic E-state index is 10.8. The molecule has 0 spiro atoms. The first kappa shape index (κ1) is 10.9. The fraction of sp³-hybridized carbons (Fsp3) is 0.500. The molecule has 0 heterocycles. The Morgan fingerprint density at radius 3 is 2.25 bits per heavy atom. The van der Waals surface area contributed by atoms with E-state index >= 15 is 0 Å². The average Bonchev–Trinajstić information content (AvgIpc) is 2.09. The van der Waals surface area contributed by atoms with E-state index in [1.807, 2.05) is 0 Å². The molecule has 1 saturated carbocycles. The molecule has 0 atom stereocenters. The minimum absolute atomic E-state index is 0.195. The normalized spacial score (nSPS) is 15.6. The van der Waals surface area contributed by atoms with E-state index in [1.54, 1.807) is 26.0 Å². The molecular weight excluding hydrogens is 206 g/mol. The molecule has 0 saturated heterocycles. The summed E-state index contributed by atoms with van der Waals surface area (Å²) >= 11 is 0. The third-order valence-corrected chi connectivity index (χ3v) is 3.00. The zero-order valence-electron chi connectivity index (χ0n) is 9.53. The molecule has 1 aliphatic rings. The van der Waals surface area contributed by atoms with Crippen molar-refractivity contribution in [3.63, 3.8) is 0 Å². The smallest absolute Gasteiger partial charge is 0.275 e. The van der Waals surface area contributed by atoms with Crippen LogP contribution in [0.3, 0.4) is 0 Å². The van der Waals surface area contributed by atoms with E-state index in [2.05, 4.69) is 0 Å². The Kier molecular flexibility index (Phi) is 2.81. The Labute approximate surface area is 94.4 Å². The van der Waals surface area contributed by atoms with Crippen LogP contribution in [0.15, 0.2) is 12.1 Å². The number of nitrogens with zero attached hydrogens (tertiary/aromatic N) is 1. The van der Waals surface area contributed by atoms with E-state index in [4.69, 9.17) is 4.74 Å². The van der Waals surface area contributed by atoms with Gasteiger partial charge in [0.05, 0.1) is 11.0 Å². The summed E-state index contributed by atoms with van der Waals surface area (Å²) in [7, 11) is 0. The SMILES string of the molecule is Cc1cc(OC2CCC2)cc(C)c1[N+](=O)[O-]. The van der Waals surface area contributed by atoms with E-state index in [9.17, 15) is 10.1 Å². The molecule has 1 aromatic carbocycles. The van der Waals surface area contributed by atoms with Crippen molar-refractivity contribution in [1.29, 1.82) is 0 Å². The molecule has 0 amide bonds. The molecule has 0 aromatic heterocycles. The Hall–Kier alpha value is -1.58. The van der Waals surface area contributed by atoms with Crippen LogP contribution in [-0.4, -0.2) is 11.0 Å². The predicted molar refractivity (Wildman–Crippen MR) is 60.8 cm³/mol. The fourth-order valence-electron chi connectivity index (χ4n) is 1.95. The number of aryl methyl sites for hydroxylation is 2. The van der Waals surface area contributed by atoms with Gasteiger partial charge in [-0.3, -0.25) is 10.1 Å². The number of rotatable bonds is 3. The van der Waals surface area contributed by atoms with Crippen LogP contribution < -0.4 is 4.74 Å². The number of hydrogen-bond donors (Lipinski definition) is 0. The zero-order valence-corrected chi connectivity index (χ0v) is 9.53. The second kappa shape index (κ2) is 4.12. The molecule has 1 aromatic rings. The fourth-order valence-corrected chi connectivity index (χ4v) is 1.95. The largest absolute Gasteiger partial charge is 0.490 e. The van der Waals surface area contributed by atoms with Crippen LogP contribution in [0.5, 0.6) is 5.75 Å². The van der Waals surface area contributed by atoms with Gasteiger partial charge in [0.15, 0.2) is 0 Å². The number of ether oxygens (including phenoxy) is 1. The van der Waals surface area contributed by atoms with Gasteiger partial charge in [-0.15, -0.1) is 0 Å². The highest BCUT2D eigenvalue weighted by molar-refractivity contribution is 5.51. The lowest BCUT2D eigenvalue weighted by Gasteiger charge is -2.26. The molecule has 0 N–H and O–H groups in total. The molecule has 1 fully saturated rings. The van der Waals surface area contributed by atoms with E-state index in [1.165, 1.54) is 6.42 Å². The molecule has 0 radical (unpaired) electrons. The predicted octanol–water partition coefficient (Wildman–Crippen LogP) is 3.14. The molecule has 0 aliphatic heterocycles. The summed E-state index contributed by atoms with van der Waals surface area (Å²) in [6.07, 6.45) is 3.71. The van der Waals surface area contributed by atoms with E-state index < -0.39 is 0 Å². The van der Waals surface area contributed by atoms with Crippen LogP contribution in [0.4, 0.5) is 5.69 Å². The van der Waals surface area contributed by atoms with Gasteiger partial charge in [-0.05, 0) is 45.2 Å². The lowest BCUT2D eigenvalue weighted by atomic mass is 9.96. The molecule has 4 heteroatoms. The van der Waals surface area contributed by atoms with E-state index in [0.29, 0.717) is 17.2 Å². The molecule has 0 unspecified atom stereocenters. The minimum Gasteiger partial charge on any atom is -0.490 e. The van der Waals surface area contributed by atoms with Gasteiger partial charge in [-0.2, -0.15) is 0 Å². The molecule has 0 bridgehead atoms. The lowest BCUT2D eigenvalue weighted by Crippen LogP contribution is -2.24. The zero-order chi connectivity index (χ0) is 11.7. The second-order valence-electron chi connectivity index (χ2n) is 4.33. The van der Waals surface area contributed by atoms with Crippen molar-refractivity contribution in [3.05, 3.63) is 33.4 Å². The summed E-state index contributed by atoms with van der Waals surface area (Å²) in [6.45, 7) is 3.50. The van der Waals surface area contributed by atoms with Crippen molar-refractivity contribution in [2.45, 2.75) is 39.2 Å². The summed E-state index contributed by atoms with van der Waals surface area (Å²) in [5.74, 6) is 0.755. The van der Waals surface area contributed by atoms with Crippen LogP contribution >= 0.6 is 0 Å². The minimum atomic E-state index is -0.336. The van der Waals surface area contributed by atoms with Gasteiger partial charge < -0.3 is 4.74 Å². The molecule has 86 valence electrons. The van der Waals surface area contributed by atoms with Gasteiger partial charge in [-0.1, -0.05) is 0 Å². The van der Waals surface area contributed by atoms with Gasteiger partial charge in [0.2, 0.25) is 0 Å². The van der Waals surface area contributed by atoms with Crippen LogP contribution in [0.2, 0.25) is 0 Å². The summed E-state index contributed by atoms with van der Waals surface area (Å²) in [5.41, 5.74) is 1.53. The number of nitro benzene ring substituents is 1. The quantitative estimate of drug-likeness (QED) is 0.582. The summed E-state index contributed by atoms with van der Waals surface area (Å²) in [4.78, 5) is 10.5. The molecular formula is C12H15NO3. The van der Waals surface area contributed by atoms with Crippen LogP contribution in [0.25, 0.3) is 0 Å². The van der Waals surface area contributed by atoms with Gasteiger partial charge in [-0.25, -0.2) is 0 Å². The maximum Gasteiger partial charge on any atom is 0.275 e. The third kappa shape index (κ3) is 2.01. The van der Waals surface area contributed by atoms with Gasteiger partial charge in [0, 0.05) is 11.1 Å². The number of benzene rings is 1. The highest BCUT2D eigenvalue weighted by Gasteiger charge is 2.21. The number of hydrogen-bond acceptors (Lipinski definition) is 3. The first-order chi connectivity index (χ1) is 7.58. The van der Waals surface area contributed by atoms with Crippen molar-refractivity contribution in [1.82, 2.24) is 0 Å². The topological polar surface area (TPSA) is 52.4 Å². The van der Waals surface area contributed by atoms with E-state index in [-0.39, 0.29) is 10.6 Å². The van der Waals surface area contributed by atoms with Crippen molar-refractivity contribution in [2.24, 2.45) is 0 Å². The van der Waals surface area contributed by atoms with Gasteiger partial charge in [0.25, 0.3) is 5.69 Å². The van der Waals surface area contributed by atoms with Crippen molar-refractivity contribution in [3.8, 4) is 5.75 Å². The lowest BCUT2D eigenvalue weighted by molar-refractivity contribution is -0.386. The Morgan fingerprint density at radius 2 is 1.88 bits per heavy atom. The monoisotopic (exact) mass is 221 g/mol. The Morgan fingerprint density at radius 1 is 1.31 bits per heavy atom. The highest BCUT2D eigenvalue weighted by Crippen LogP contribution is 2.31. The summed E-state index contributed by atoms with van der Waals surface area (Å²) < 4.78 is 5.72. The number of nitro groups is 1. The molecule has 4 nitrogen and oxygen atoms in total. The Bertz CT molecular complexity index is 401. The van der Waals surface area contributed by atoms with Crippen molar-refractivity contribution in [2.75, 3.05) is 0 Å². The molecule has 1 aliphatic carbocycles. The van der Waals surface area contributed by atoms with Crippen LogP contribution in [-0.2, 0) is 0 Å². The molecule has 2 rings (SSSR count). The standard InChI is InChI=1S/C12H15NO3/c1-8-6-11(16-10-4-3-5-10)7-9(2)12(8)13(14)15/h6-7,10H,3-5H2,1-2H3. The van der Waals surface area contributed by atoms with Gasteiger partial charge in [0.1, 0.15) is 5.75 Å². The van der Waals surface area contributed by atoms with Crippen LogP contribution in [0, 0.1) is 24.0 Å². The maximum atomic E-state index is 10.8. The Balaban J connectivity index is 2.25. The first-order valence-electron chi connectivity index (χ1n) is 5.50. The highest BCUT2D eigenvalue weighted by atomic mass is 16.6. The van der Waals surface area contributed by atoms with Crippen molar-refractivity contribution < 1.29 is 9.66 Å². The average molecular weight is 221 g/mol. The van der Waals surface area contributed by atoms with Crippen molar-refractivity contribution >= 4 is 5.69 Å². The summed E-state index contributed by atoms with van der Waals surface area (Å²) in [5, 5.41) is 10.8. The van der Waals surface area contributed by atoms with E-state index in [0.717, 1.165) is 18.6 Å². The summed E-state index contributed by atoms with van der Waals surface area (Å²) in [6, 6.07) is 3.51. The third-order valence-electron chi connectivity index (χ3n) is 3.00.